The topological polar surface area (TPSA) is 46.9 Å². The van der Waals surface area contributed by atoms with Crippen LogP contribution in [0.5, 0.6) is 0 Å². The average Bonchev–Trinajstić information content (AvgIpc) is 3.05. The zero-order chi connectivity index (χ0) is 16.9. The molecule has 122 valence electrons. The van der Waals surface area contributed by atoms with Gasteiger partial charge in [0, 0.05) is 22.6 Å². The van der Waals surface area contributed by atoms with Crippen LogP contribution in [0.25, 0.3) is 5.69 Å². The molecule has 6 heteroatoms. The first kappa shape index (κ1) is 16.8. The van der Waals surface area contributed by atoms with Gasteiger partial charge in [0.15, 0.2) is 5.16 Å². The first-order valence-electron chi connectivity index (χ1n) is 7.41. The third-order valence-electron chi connectivity index (χ3n) is 3.37. The van der Waals surface area contributed by atoms with Gasteiger partial charge in [-0.3, -0.25) is 9.36 Å². The van der Waals surface area contributed by atoms with Crippen molar-refractivity contribution in [1.82, 2.24) is 9.55 Å². The molecular formula is C18H16BrN3OS. The molecule has 24 heavy (non-hydrogen) atoms. The minimum Gasteiger partial charge on any atom is -0.324 e. The lowest BCUT2D eigenvalue weighted by molar-refractivity contribution is -0.113. The molecule has 0 saturated heterocycles. The maximum atomic E-state index is 12.2. The van der Waals surface area contributed by atoms with Gasteiger partial charge in [-0.25, -0.2) is 4.98 Å². The molecule has 2 aromatic carbocycles. The number of anilines is 1. The number of para-hydroxylation sites is 1. The van der Waals surface area contributed by atoms with Crippen LogP contribution in [0, 0.1) is 6.92 Å². The van der Waals surface area contributed by atoms with E-state index >= 15 is 0 Å². The van der Waals surface area contributed by atoms with E-state index in [4.69, 9.17) is 0 Å². The molecule has 4 nitrogen and oxygen atoms in total. The van der Waals surface area contributed by atoms with Crippen molar-refractivity contribution >= 4 is 39.3 Å². The summed E-state index contributed by atoms with van der Waals surface area (Å²) in [5.74, 6) is 0.233. The summed E-state index contributed by atoms with van der Waals surface area (Å²) >= 11 is 4.88. The number of aromatic nitrogens is 2. The Bertz CT molecular complexity index is 848. The van der Waals surface area contributed by atoms with E-state index in [9.17, 15) is 4.79 Å². The Morgan fingerprint density at radius 2 is 2.04 bits per heavy atom. The smallest absolute Gasteiger partial charge is 0.234 e. The van der Waals surface area contributed by atoms with E-state index in [2.05, 4.69) is 26.2 Å². The second-order valence-corrected chi connectivity index (χ2v) is 7.03. The molecule has 0 radical (unpaired) electrons. The van der Waals surface area contributed by atoms with Crippen LogP contribution in [0.1, 0.15) is 5.56 Å². The number of nitrogens with zero attached hydrogens (tertiary/aromatic N) is 2. The lowest BCUT2D eigenvalue weighted by Gasteiger charge is -2.09. The molecule has 3 aromatic rings. The van der Waals surface area contributed by atoms with Crippen molar-refractivity contribution in [3.63, 3.8) is 0 Å². The van der Waals surface area contributed by atoms with E-state index in [0.717, 1.165) is 26.6 Å². The maximum Gasteiger partial charge on any atom is 0.234 e. The third-order valence-corrected chi connectivity index (χ3v) is 5.00. The fourth-order valence-electron chi connectivity index (χ4n) is 2.22. The first-order chi connectivity index (χ1) is 11.6. The Hall–Kier alpha value is -2.05. The van der Waals surface area contributed by atoms with Gasteiger partial charge in [0.05, 0.1) is 11.4 Å². The molecule has 0 bridgehead atoms. The summed E-state index contributed by atoms with van der Waals surface area (Å²) in [5.41, 5.74) is 2.94. The van der Waals surface area contributed by atoms with Crippen LogP contribution in [0.15, 0.2) is 70.6 Å². The van der Waals surface area contributed by atoms with Crippen molar-refractivity contribution in [2.24, 2.45) is 0 Å². The number of thioether (sulfide) groups is 1. The quantitative estimate of drug-likeness (QED) is 0.631. The van der Waals surface area contributed by atoms with Crippen molar-refractivity contribution in [3.05, 3.63) is 71.0 Å². The fourth-order valence-corrected chi connectivity index (χ4v) is 3.59. The fraction of sp³-hybridized carbons (Fsp3) is 0.111. The molecular weight excluding hydrogens is 386 g/mol. The first-order valence-corrected chi connectivity index (χ1v) is 9.19. The highest BCUT2D eigenvalue weighted by molar-refractivity contribution is 9.10. The number of imidazole rings is 1. The van der Waals surface area contributed by atoms with Crippen molar-refractivity contribution in [1.29, 1.82) is 0 Å². The summed E-state index contributed by atoms with van der Waals surface area (Å²) in [6.45, 7) is 2.01. The van der Waals surface area contributed by atoms with Gasteiger partial charge in [0.1, 0.15) is 0 Å². The molecule has 0 unspecified atom stereocenters. The van der Waals surface area contributed by atoms with Gasteiger partial charge < -0.3 is 5.32 Å². The van der Waals surface area contributed by atoms with Crippen molar-refractivity contribution in [3.8, 4) is 5.69 Å². The number of hydrogen-bond acceptors (Lipinski definition) is 3. The van der Waals surface area contributed by atoms with Gasteiger partial charge in [0.2, 0.25) is 5.91 Å². The molecule has 0 aliphatic rings. The summed E-state index contributed by atoms with van der Waals surface area (Å²) in [6, 6.07) is 15.8. The van der Waals surface area contributed by atoms with Crippen molar-refractivity contribution < 1.29 is 4.79 Å². The van der Waals surface area contributed by atoms with E-state index in [-0.39, 0.29) is 5.91 Å². The molecule has 1 aromatic heterocycles. The number of benzene rings is 2. The molecule has 0 aliphatic carbocycles. The molecule has 1 heterocycles. The number of aryl methyl sites for hydroxylation is 1. The second-order valence-electron chi connectivity index (χ2n) is 5.24. The van der Waals surface area contributed by atoms with Crippen LogP contribution in [0.3, 0.4) is 0 Å². The molecule has 0 aliphatic heterocycles. The molecule has 1 N–H and O–H groups in total. The highest BCUT2D eigenvalue weighted by Gasteiger charge is 2.10. The van der Waals surface area contributed by atoms with Crippen LogP contribution < -0.4 is 5.32 Å². The zero-order valence-corrected chi connectivity index (χ0v) is 15.5. The molecule has 0 spiro atoms. The maximum absolute atomic E-state index is 12.2. The lowest BCUT2D eigenvalue weighted by atomic mass is 10.2. The number of nitrogens with one attached hydrogen (secondary N) is 1. The molecule has 0 atom stereocenters. The SMILES string of the molecule is Cc1ccc(NC(=O)CSc2nccn2-c2ccccc2)c(Br)c1. The summed E-state index contributed by atoms with van der Waals surface area (Å²) in [7, 11) is 0. The van der Waals surface area contributed by atoms with E-state index in [1.807, 2.05) is 66.2 Å². The average molecular weight is 402 g/mol. The minimum absolute atomic E-state index is 0.0628. The van der Waals surface area contributed by atoms with E-state index < -0.39 is 0 Å². The monoisotopic (exact) mass is 401 g/mol. The normalized spacial score (nSPS) is 10.6. The van der Waals surface area contributed by atoms with Gasteiger partial charge >= 0.3 is 0 Å². The van der Waals surface area contributed by atoms with Gasteiger partial charge in [-0.2, -0.15) is 0 Å². The number of hydrogen-bond donors (Lipinski definition) is 1. The van der Waals surface area contributed by atoms with Crippen LogP contribution in [-0.4, -0.2) is 21.2 Å². The summed E-state index contributed by atoms with van der Waals surface area (Å²) < 4.78 is 2.85. The number of amides is 1. The van der Waals surface area contributed by atoms with Gasteiger partial charge in [-0.05, 0) is 52.7 Å². The van der Waals surface area contributed by atoms with Gasteiger partial charge in [0.25, 0.3) is 0 Å². The number of rotatable bonds is 5. The van der Waals surface area contributed by atoms with Gasteiger partial charge in [-0.1, -0.05) is 36.0 Å². The van der Waals surface area contributed by atoms with E-state index in [0.29, 0.717) is 5.75 Å². The molecule has 3 rings (SSSR count). The van der Waals surface area contributed by atoms with Crippen molar-refractivity contribution in [2.45, 2.75) is 12.1 Å². The third kappa shape index (κ3) is 4.07. The van der Waals surface area contributed by atoms with Crippen LogP contribution in [0.2, 0.25) is 0 Å². The number of halogens is 1. The Balaban J connectivity index is 1.64. The molecule has 1 amide bonds. The van der Waals surface area contributed by atoms with Crippen LogP contribution in [0.4, 0.5) is 5.69 Å². The lowest BCUT2D eigenvalue weighted by Crippen LogP contribution is -2.15. The predicted octanol–water partition coefficient (Wildman–Crippen LogP) is 4.67. The Morgan fingerprint density at radius 1 is 1.25 bits per heavy atom. The van der Waals surface area contributed by atoms with Crippen molar-refractivity contribution in [2.75, 3.05) is 11.1 Å². The second kappa shape index (κ2) is 7.68. The Kier molecular flexibility index (Phi) is 5.37. The predicted molar refractivity (Wildman–Crippen MR) is 102 cm³/mol. The highest BCUT2D eigenvalue weighted by atomic mass is 79.9. The molecule has 0 saturated carbocycles. The van der Waals surface area contributed by atoms with E-state index in [1.165, 1.54) is 11.8 Å². The minimum atomic E-state index is -0.0628. The number of carbonyl (C=O) groups is 1. The summed E-state index contributed by atoms with van der Waals surface area (Å²) in [6.07, 6.45) is 3.63. The zero-order valence-electron chi connectivity index (χ0n) is 13.1. The molecule has 0 fully saturated rings. The summed E-state index contributed by atoms with van der Waals surface area (Å²) in [4.78, 5) is 16.5. The standard InChI is InChI=1S/C18H16BrN3OS/c1-13-7-8-16(15(19)11-13)21-17(23)12-24-18-20-9-10-22(18)14-5-3-2-4-6-14/h2-11H,12H2,1H3,(H,21,23). The Morgan fingerprint density at radius 3 is 2.79 bits per heavy atom. The van der Waals surface area contributed by atoms with Crippen LogP contribution >= 0.6 is 27.7 Å². The van der Waals surface area contributed by atoms with E-state index in [1.54, 1.807) is 6.20 Å². The van der Waals surface area contributed by atoms with Crippen LogP contribution in [-0.2, 0) is 4.79 Å². The largest absolute Gasteiger partial charge is 0.324 e. The Labute approximate surface area is 153 Å². The van der Waals surface area contributed by atoms with Gasteiger partial charge in [-0.15, -0.1) is 0 Å². The highest BCUT2D eigenvalue weighted by Crippen LogP contribution is 2.24. The summed E-state index contributed by atoms with van der Waals surface area (Å²) in [5, 5.41) is 3.71. The number of carbonyl (C=O) groups excluding carboxylic acids is 1.